The summed E-state index contributed by atoms with van der Waals surface area (Å²) in [7, 11) is -0.677. The van der Waals surface area contributed by atoms with E-state index < -0.39 is 7.92 Å². The molecule has 0 aliphatic carbocycles. The van der Waals surface area contributed by atoms with Crippen LogP contribution in [-0.2, 0) is 4.74 Å². The normalized spacial score (nSPS) is 17.2. The van der Waals surface area contributed by atoms with E-state index in [1.165, 1.54) is 15.9 Å². The summed E-state index contributed by atoms with van der Waals surface area (Å²) in [6.07, 6.45) is 1.12. The minimum Gasteiger partial charge on any atom is -0.475 e. The zero-order valence-electron chi connectivity index (χ0n) is 16.5. The average molecular weight is 387 g/mol. The van der Waals surface area contributed by atoms with Gasteiger partial charge in [0.2, 0.25) is 5.90 Å². The van der Waals surface area contributed by atoms with Crippen molar-refractivity contribution in [1.29, 1.82) is 0 Å². The number of nitrogens with zero attached hydrogens (tertiary/aromatic N) is 1. The van der Waals surface area contributed by atoms with Crippen LogP contribution in [0.3, 0.4) is 0 Å². The Balaban J connectivity index is 1.81. The highest BCUT2D eigenvalue weighted by atomic mass is 31.1. The van der Waals surface area contributed by atoms with Gasteiger partial charge >= 0.3 is 0 Å². The summed E-state index contributed by atoms with van der Waals surface area (Å²) in [4.78, 5) is 4.96. The summed E-state index contributed by atoms with van der Waals surface area (Å²) in [5, 5.41) is 3.99. The quantitative estimate of drug-likeness (QED) is 0.565. The molecule has 1 aliphatic rings. The van der Waals surface area contributed by atoms with Crippen LogP contribution in [0.25, 0.3) is 0 Å². The first-order valence-electron chi connectivity index (χ1n) is 9.98. The zero-order valence-corrected chi connectivity index (χ0v) is 17.3. The third-order valence-electron chi connectivity index (χ3n) is 5.38. The van der Waals surface area contributed by atoms with Crippen molar-refractivity contribution in [2.75, 3.05) is 6.61 Å². The zero-order chi connectivity index (χ0) is 19.3. The van der Waals surface area contributed by atoms with Gasteiger partial charge < -0.3 is 4.74 Å². The Labute approximate surface area is 169 Å². The van der Waals surface area contributed by atoms with Gasteiger partial charge in [-0.25, -0.2) is 4.99 Å². The summed E-state index contributed by atoms with van der Waals surface area (Å²) in [6.45, 7) is 5.16. The molecule has 1 aliphatic heterocycles. The minimum absolute atomic E-state index is 0.257. The molecule has 142 valence electrons. The third-order valence-corrected chi connectivity index (χ3v) is 7.88. The molecule has 0 bridgehead atoms. The largest absolute Gasteiger partial charge is 0.475 e. The first-order valence-corrected chi connectivity index (χ1v) is 11.3. The fraction of sp³-hybridized carbons (Fsp3) is 0.240. The third kappa shape index (κ3) is 3.88. The highest BCUT2D eigenvalue weighted by molar-refractivity contribution is 7.80. The average Bonchev–Trinajstić information content (AvgIpc) is 3.25. The van der Waals surface area contributed by atoms with Crippen LogP contribution in [0.15, 0.2) is 89.9 Å². The van der Waals surface area contributed by atoms with Gasteiger partial charge in [0.1, 0.15) is 6.61 Å². The maximum Gasteiger partial charge on any atom is 0.217 e. The predicted molar refractivity (Wildman–Crippen MR) is 121 cm³/mol. The molecule has 0 aromatic heterocycles. The van der Waals surface area contributed by atoms with Crippen LogP contribution in [0.1, 0.15) is 25.8 Å². The first kappa shape index (κ1) is 18.9. The lowest BCUT2D eigenvalue weighted by atomic mass is 10.0. The van der Waals surface area contributed by atoms with Gasteiger partial charge in [-0.2, -0.15) is 0 Å². The molecule has 0 fully saturated rings. The molecule has 2 atom stereocenters. The molecule has 0 amide bonds. The van der Waals surface area contributed by atoms with E-state index in [9.17, 15) is 0 Å². The summed E-state index contributed by atoms with van der Waals surface area (Å²) in [5.41, 5.74) is 1.13. The van der Waals surface area contributed by atoms with Crippen molar-refractivity contribution in [2.24, 2.45) is 10.9 Å². The maximum absolute atomic E-state index is 6.10. The van der Waals surface area contributed by atoms with Gasteiger partial charge in [-0.15, -0.1) is 0 Å². The summed E-state index contributed by atoms with van der Waals surface area (Å²) in [6, 6.07) is 30.4. The van der Waals surface area contributed by atoms with Gasteiger partial charge in [0.05, 0.1) is 6.04 Å². The van der Waals surface area contributed by atoms with Crippen LogP contribution in [0.2, 0.25) is 0 Å². The Morgan fingerprint density at radius 2 is 1.46 bits per heavy atom. The molecule has 3 heteroatoms. The van der Waals surface area contributed by atoms with E-state index >= 15 is 0 Å². The lowest BCUT2D eigenvalue weighted by Crippen LogP contribution is -2.25. The second-order valence-electron chi connectivity index (χ2n) is 7.22. The van der Waals surface area contributed by atoms with Gasteiger partial charge in [0.15, 0.2) is 0 Å². The maximum atomic E-state index is 6.10. The molecule has 0 N–H and O–H groups in total. The summed E-state index contributed by atoms with van der Waals surface area (Å²) in [5.74, 6) is 1.34. The molecule has 0 saturated carbocycles. The molecule has 2 nitrogen and oxygen atoms in total. The molecule has 0 spiro atoms. The number of aliphatic imine (C=N–C) groups is 1. The second kappa shape index (κ2) is 8.71. The lowest BCUT2D eigenvalue weighted by molar-refractivity contribution is 0.282. The molecule has 3 aromatic rings. The van der Waals surface area contributed by atoms with Gasteiger partial charge in [-0.3, -0.25) is 0 Å². The van der Waals surface area contributed by atoms with Gasteiger partial charge in [0, 0.05) is 5.56 Å². The fourth-order valence-corrected chi connectivity index (χ4v) is 5.97. The number of ether oxygens (including phenoxy) is 1. The Morgan fingerprint density at radius 3 is 2.07 bits per heavy atom. The molecule has 4 rings (SSSR count). The van der Waals surface area contributed by atoms with Crippen molar-refractivity contribution in [2.45, 2.75) is 26.3 Å². The Hall–Kier alpha value is -2.44. The standard InChI is InChI=1S/C25H26NOP/c1-3-19(2)23-18-27-25(26-23)22-16-10-11-17-24(22)28(20-12-6-4-7-13-20)21-14-8-5-9-15-21/h4-17,19,23H,3,18H2,1-2H3/t19-,23+/m0/s1. The van der Waals surface area contributed by atoms with E-state index in [0.29, 0.717) is 12.5 Å². The number of hydrogen-bond donors (Lipinski definition) is 0. The van der Waals surface area contributed by atoms with Crippen molar-refractivity contribution in [3.8, 4) is 0 Å². The van der Waals surface area contributed by atoms with Crippen molar-refractivity contribution in [3.05, 3.63) is 90.5 Å². The molecular formula is C25H26NOP. The van der Waals surface area contributed by atoms with Crippen LogP contribution in [0.5, 0.6) is 0 Å². The lowest BCUT2D eigenvalue weighted by Gasteiger charge is -2.22. The van der Waals surface area contributed by atoms with Crippen molar-refractivity contribution in [3.63, 3.8) is 0 Å². The fourth-order valence-electron chi connectivity index (χ4n) is 3.53. The molecule has 1 heterocycles. The highest BCUT2D eigenvalue weighted by Gasteiger charge is 2.28. The van der Waals surface area contributed by atoms with Gasteiger partial charge in [-0.05, 0) is 35.8 Å². The van der Waals surface area contributed by atoms with E-state index in [-0.39, 0.29) is 6.04 Å². The summed E-state index contributed by atoms with van der Waals surface area (Å²) < 4.78 is 6.10. The Morgan fingerprint density at radius 1 is 0.893 bits per heavy atom. The van der Waals surface area contributed by atoms with E-state index in [1.807, 2.05) is 0 Å². The number of benzene rings is 3. The van der Waals surface area contributed by atoms with Crippen LogP contribution < -0.4 is 15.9 Å². The summed E-state index contributed by atoms with van der Waals surface area (Å²) >= 11 is 0. The van der Waals surface area contributed by atoms with Crippen molar-refractivity contribution >= 4 is 29.7 Å². The highest BCUT2D eigenvalue weighted by Crippen LogP contribution is 2.35. The Kier molecular flexibility index (Phi) is 5.88. The van der Waals surface area contributed by atoms with E-state index in [4.69, 9.17) is 9.73 Å². The number of hydrogen-bond acceptors (Lipinski definition) is 2. The molecule has 0 radical (unpaired) electrons. The monoisotopic (exact) mass is 387 g/mol. The van der Waals surface area contributed by atoms with E-state index in [2.05, 4.69) is 98.8 Å². The van der Waals surface area contributed by atoms with Crippen LogP contribution in [-0.4, -0.2) is 18.5 Å². The van der Waals surface area contributed by atoms with Gasteiger partial charge in [-0.1, -0.05) is 99.1 Å². The second-order valence-corrected chi connectivity index (χ2v) is 9.41. The molecule has 0 unspecified atom stereocenters. The first-order chi connectivity index (χ1) is 13.8. The van der Waals surface area contributed by atoms with Gasteiger partial charge in [0.25, 0.3) is 0 Å². The Bertz CT molecular complexity index is 900. The van der Waals surface area contributed by atoms with E-state index in [1.54, 1.807) is 0 Å². The molecule has 3 aromatic carbocycles. The molecule has 0 saturated heterocycles. The molecule has 28 heavy (non-hydrogen) atoms. The predicted octanol–water partition coefficient (Wildman–Crippen LogP) is 4.64. The number of rotatable bonds is 6. The van der Waals surface area contributed by atoms with E-state index in [0.717, 1.165) is 17.9 Å². The minimum atomic E-state index is -0.677. The SMILES string of the molecule is CC[C@H](C)[C@H]1COC(c2ccccc2P(c2ccccc2)c2ccccc2)=N1. The van der Waals surface area contributed by atoms with Crippen LogP contribution in [0, 0.1) is 5.92 Å². The van der Waals surface area contributed by atoms with Crippen molar-refractivity contribution < 1.29 is 4.74 Å². The van der Waals surface area contributed by atoms with Crippen LogP contribution >= 0.6 is 7.92 Å². The topological polar surface area (TPSA) is 21.6 Å². The van der Waals surface area contributed by atoms with Crippen LogP contribution in [0.4, 0.5) is 0 Å². The smallest absolute Gasteiger partial charge is 0.217 e. The molecular weight excluding hydrogens is 361 g/mol. The van der Waals surface area contributed by atoms with Crippen molar-refractivity contribution in [1.82, 2.24) is 0 Å².